The largest absolute Gasteiger partial charge is 0.486 e. The number of benzene rings is 2. The van der Waals surface area contributed by atoms with Crippen molar-refractivity contribution in [2.45, 2.75) is 6.61 Å². The summed E-state index contributed by atoms with van der Waals surface area (Å²) in [6, 6.07) is 8.85. The van der Waals surface area contributed by atoms with Gasteiger partial charge in [0, 0.05) is 6.08 Å². The summed E-state index contributed by atoms with van der Waals surface area (Å²) < 4.78 is 18.3. The van der Waals surface area contributed by atoms with E-state index in [1.165, 1.54) is 30.3 Å². The molecule has 0 saturated heterocycles. The van der Waals surface area contributed by atoms with Crippen molar-refractivity contribution in [3.8, 4) is 5.75 Å². The number of nitro groups is 1. The van der Waals surface area contributed by atoms with Gasteiger partial charge in [0.05, 0.1) is 15.0 Å². The molecule has 0 atom stereocenters. The summed E-state index contributed by atoms with van der Waals surface area (Å²) in [5, 5.41) is 10.8. The van der Waals surface area contributed by atoms with Crippen LogP contribution < -0.4 is 4.74 Å². The van der Waals surface area contributed by atoms with Crippen molar-refractivity contribution in [2.75, 3.05) is 0 Å². The quantitative estimate of drug-likeness (QED) is 0.570. The van der Waals surface area contributed by atoms with Crippen LogP contribution in [0, 0.1) is 15.9 Å². The smallest absolute Gasteiger partial charge is 0.235 e. The molecule has 0 aromatic heterocycles. The van der Waals surface area contributed by atoms with Gasteiger partial charge in [-0.25, -0.2) is 4.39 Å². The monoisotopic (exact) mass is 341 g/mol. The molecule has 2 rings (SSSR count). The summed E-state index contributed by atoms with van der Waals surface area (Å²) in [6.07, 6.45) is 2.07. The van der Waals surface area contributed by atoms with Crippen LogP contribution in [0.4, 0.5) is 4.39 Å². The highest BCUT2D eigenvalue weighted by molar-refractivity contribution is 6.37. The number of ether oxygens (including phenoxy) is 1. The standard InChI is InChI=1S/C15H10Cl2FNO3/c16-13-7-11(5-6-19(20)21)8-14(17)15(13)22-9-10-1-3-12(18)4-2-10/h1-8H,9H2/b6-5+. The Hall–Kier alpha value is -2.11. The molecule has 0 aliphatic rings. The van der Waals surface area contributed by atoms with Gasteiger partial charge in [-0.05, 0) is 35.4 Å². The topological polar surface area (TPSA) is 52.4 Å². The van der Waals surface area contributed by atoms with E-state index in [1.54, 1.807) is 12.1 Å². The molecule has 0 saturated carbocycles. The van der Waals surface area contributed by atoms with E-state index in [1.807, 2.05) is 0 Å². The number of halogens is 3. The zero-order chi connectivity index (χ0) is 16.1. The van der Waals surface area contributed by atoms with E-state index < -0.39 is 4.92 Å². The van der Waals surface area contributed by atoms with Crippen molar-refractivity contribution in [1.82, 2.24) is 0 Å². The first-order chi connectivity index (χ1) is 10.5. The van der Waals surface area contributed by atoms with Crippen LogP contribution >= 0.6 is 23.2 Å². The molecule has 0 bridgehead atoms. The molecule has 0 aliphatic carbocycles. The minimum atomic E-state index is -0.583. The zero-order valence-electron chi connectivity index (χ0n) is 11.1. The molecule has 7 heteroatoms. The second-order valence-corrected chi connectivity index (χ2v) is 5.14. The summed E-state index contributed by atoms with van der Waals surface area (Å²) in [6.45, 7) is 0.170. The van der Waals surface area contributed by atoms with E-state index in [2.05, 4.69) is 0 Å². The van der Waals surface area contributed by atoms with E-state index in [0.717, 1.165) is 11.8 Å². The second-order valence-electron chi connectivity index (χ2n) is 4.33. The van der Waals surface area contributed by atoms with Crippen LogP contribution in [0.1, 0.15) is 11.1 Å². The third-order valence-corrected chi connectivity index (χ3v) is 3.27. The lowest BCUT2D eigenvalue weighted by Crippen LogP contribution is -1.97. The van der Waals surface area contributed by atoms with Gasteiger partial charge in [-0.1, -0.05) is 35.3 Å². The van der Waals surface area contributed by atoms with Gasteiger partial charge >= 0.3 is 0 Å². The first kappa shape index (κ1) is 16.3. The third-order valence-electron chi connectivity index (χ3n) is 2.71. The fourth-order valence-corrected chi connectivity index (χ4v) is 2.31. The molecular formula is C15H10Cl2FNO3. The van der Waals surface area contributed by atoms with Gasteiger partial charge in [0.15, 0.2) is 5.75 Å². The fraction of sp³-hybridized carbons (Fsp3) is 0.0667. The minimum absolute atomic E-state index is 0.170. The summed E-state index contributed by atoms with van der Waals surface area (Å²) in [5.41, 5.74) is 1.24. The Morgan fingerprint density at radius 2 is 1.77 bits per heavy atom. The summed E-state index contributed by atoms with van der Waals surface area (Å²) >= 11 is 12.1. The first-order valence-corrected chi connectivity index (χ1v) is 6.89. The molecular weight excluding hydrogens is 332 g/mol. The second kappa shape index (κ2) is 7.24. The van der Waals surface area contributed by atoms with Crippen LogP contribution in [0.25, 0.3) is 6.08 Å². The minimum Gasteiger partial charge on any atom is -0.486 e. The molecule has 4 nitrogen and oxygen atoms in total. The molecule has 0 unspecified atom stereocenters. The van der Waals surface area contributed by atoms with E-state index >= 15 is 0 Å². The van der Waals surface area contributed by atoms with E-state index in [0.29, 0.717) is 5.56 Å². The summed E-state index contributed by atoms with van der Waals surface area (Å²) in [5.74, 6) is -0.0624. The molecule has 0 heterocycles. The van der Waals surface area contributed by atoms with Crippen LogP contribution in [0.15, 0.2) is 42.6 Å². The maximum atomic E-state index is 12.8. The van der Waals surface area contributed by atoms with Crippen molar-refractivity contribution in [2.24, 2.45) is 0 Å². The maximum absolute atomic E-state index is 12.8. The van der Waals surface area contributed by atoms with Crippen LogP contribution in [0.2, 0.25) is 10.0 Å². The molecule has 0 radical (unpaired) electrons. The lowest BCUT2D eigenvalue weighted by molar-refractivity contribution is -0.400. The SMILES string of the molecule is O=[N+]([O-])/C=C/c1cc(Cl)c(OCc2ccc(F)cc2)c(Cl)c1. The average molecular weight is 342 g/mol. The van der Waals surface area contributed by atoms with Crippen molar-refractivity contribution in [3.63, 3.8) is 0 Å². The van der Waals surface area contributed by atoms with Crippen LogP contribution in [0.5, 0.6) is 5.75 Å². The number of hydrogen-bond donors (Lipinski definition) is 0. The van der Waals surface area contributed by atoms with Crippen LogP contribution in [-0.2, 0) is 6.61 Å². The van der Waals surface area contributed by atoms with E-state index in [9.17, 15) is 14.5 Å². The Morgan fingerprint density at radius 3 is 2.32 bits per heavy atom. The Bertz CT molecular complexity index is 694. The zero-order valence-corrected chi connectivity index (χ0v) is 12.6. The van der Waals surface area contributed by atoms with Gasteiger partial charge in [-0.15, -0.1) is 0 Å². The number of rotatable bonds is 5. The maximum Gasteiger partial charge on any atom is 0.235 e. The number of hydrogen-bond acceptors (Lipinski definition) is 3. The molecule has 0 fully saturated rings. The predicted octanol–water partition coefficient (Wildman–Crippen LogP) is 4.96. The summed E-state index contributed by atoms with van der Waals surface area (Å²) in [4.78, 5) is 9.71. The van der Waals surface area contributed by atoms with E-state index in [-0.39, 0.29) is 28.2 Å². The molecule has 0 aliphatic heterocycles. The molecule has 22 heavy (non-hydrogen) atoms. The molecule has 2 aromatic carbocycles. The van der Waals surface area contributed by atoms with Gasteiger partial charge < -0.3 is 4.74 Å². The number of nitrogens with zero attached hydrogens (tertiary/aromatic N) is 1. The Morgan fingerprint density at radius 1 is 1.18 bits per heavy atom. The first-order valence-electron chi connectivity index (χ1n) is 6.13. The summed E-state index contributed by atoms with van der Waals surface area (Å²) in [7, 11) is 0. The lowest BCUT2D eigenvalue weighted by Gasteiger charge is -2.11. The molecule has 0 N–H and O–H groups in total. The van der Waals surface area contributed by atoms with Gasteiger partial charge in [0.25, 0.3) is 0 Å². The lowest BCUT2D eigenvalue weighted by atomic mass is 10.2. The van der Waals surface area contributed by atoms with Crippen molar-refractivity contribution >= 4 is 29.3 Å². The van der Waals surface area contributed by atoms with Crippen molar-refractivity contribution < 1.29 is 14.1 Å². The van der Waals surface area contributed by atoms with Gasteiger partial charge in [0.1, 0.15) is 12.4 Å². The predicted molar refractivity (Wildman–Crippen MR) is 83.2 cm³/mol. The molecule has 0 amide bonds. The Balaban J connectivity index is 2.14. The highest BCUT2D eigenvalue weighted by Gasteiger charge is 2.10. The van der Waals surface area contributed by atoms with Crippen LogP contribution in [0.3, 0.4) is 0 Å². The normalized spacial score (nSPS) is 10.9. The average Bonchev–Trinajstić information content (AvgIpc) is 2.46. The molecule has 2 aromatic rings. The van der Waals surface area contributed by atoms with Gasteiger partial charge in [0.2, 0.25) is 6.20 Å². The van der Waals surface area contributed by atoms with Crippen molar-refractivity contribution in [1.29, 1.82) is 0 Å². The highest BCUT2D eigenvalue weighted by atomic mass is 35.5. The van der Waals surface area contributed by atoms with Gasteiger partial charge in [-0.3, -0.25) is 10.1 Å². The molecule has 114 valence electrons. The fourth-order valence-electron chi connectivity index (χ4n) is 1.70. The van der Waals surface area contributed by atoms with Gasteiger partial charge in [-0.2, -0.15) is 0 Å². The Labute approximate surface area is 135 Å². The van der Waals surface area contributed by atoms with Crippen LogP contribution in [-0.4, -0.2) is 4.92 Å². The van der Waals surface area contributed by atoms with E-state index in [4.69, 9.17) is 27.9 Å². The third kappa shape index (κ3) is 4.44. The Kier molecular flexibility index (Phi) is 5.35. The van der Waals surface area contributed by atoms with Crippen molar-refractivity contribution in [3.05, 3.63) is 79.7 Å². The highest BCUT2D eigenvalue weighted by Crippen LogP contribution is 2.35. The molecule has 0 spiro atoms.